The molecule has 0 fully saturated rings. The van der Waals surface area contributed by atoms with Crippen molar-refractivity contribution < 1.29 is 35.5 Å². The van der Waals surface area contributed by atoms with E-state index in [2.05, 4.69) is 14.7 Å². The van der Waals surface area contributed by atoms with Crippen LogP contribution in [-0.4, -0.2) is 27.9 Å². The van der Waals surface area contributed by atoms with Crippen LogP contribution >= 0.6 is 30.5 Å². The molecule has 4 aromatic rings. The van der Waals surface area contributed by atoms with Gasteiger partial charge in [0.1, 0.15) is 47.3 Å². The molecule has 3 aromatic carbocycles. The van der Waals surface area contributed by atoms with E-state index in [0.29, 0.717) is 15.8 Å². The summed E-state index contributed by atoms with van der Waals surface area (Å²) >= 11 is 7.21. The highest BCUT2D eigenvalue weighted by Gasteiger charge is 2.33. The van der Waals surface area contributed by atoms with Crippen molar-refractivity contribution in [3.63, 3.8) is 0 Å². The van der Waals surface area contributed by atoms with Crippen LogP contribution in [0.5, 0.6) is 17.2 Å². The largest absolute Gasteiger partial charge is 0.493 e. The predicted molar refractivity (Wildman–Crippen MR) is 153 cm³/mol. The minimum atomic E-state index is -4.63. The van der Waals surface area contributed by atoms with E-state index in [4.69, 9.17) is 41.4 Å². The number of hydrogen-bond acceptors (Lipinski definition) is 10. The van der Waals surface area contributed by atoms with Gasteiger partial charge in [0.15, 0.2) is 4.21 Å². The first-order chi connectivity index (χ1) is 20.5. The van der Waals surface area contributed by atoms with Gasteiger partial charge in [-0.15, -0.1) is 11.3 Å². The van der Waals surface area contributed by atoms with Gasteiger partial charge < -0.3 is 13.8 Å². The van der Waals surface area contributed by atoms with Crippen molar-refractivity contribution in [3.8, 4) is 29.4 Å². The van der Waals surface area contributed by atoms with Crippen LogP contribution in [0.1, 0.15) is 11.1 Å². The standard InChI is InChI=1S/C25H16ClF2N6O6PS2/c26-24-20-9-17(38-8-7-32-34-31)5-6-23(20)42-25(24)43(36,37)33-14-41(35,39-18-3-1-15(12-29)21(27)10-18)40-19-4-2-16(13-30)22(28)11-19/h1-6,9-11,33H,7-8,14H2. The zero-order valence-electron chi connectivity index (χ0n) is 21.4. The topological polar surface area (TPSA) is 187 Å². The van der Waals surface area contributed by atoms with Gasteiger partial charge in [0.2, 0.25) is 0 Å². The number of sulfonamides is 1. The van der Waals surface area contributed by atoms with E-state index in [-0.39, 0.29) is 45.0 Å². The van der Waals surface area contributed by atoms with Gasteiger partial charge in [0.25, 0.3) is 10.0 Å². The molecule has 0 bridgehead atoms. The van der Waals surface area contributed by atoms with Crippen LogP contribution in [0.3, 0.4) is 0 Å². The molecular weight excluding hydrogens is 649 g/mol. The van der Waals surface area contributed by atoms with Crippen LogP contribution in [0.15, 0.2) is 63.9 Å². The van der Waals surface area contributed by atoms with Crippen LogP contribution < -0.4 is 18.5 Å². The van der Waals surface area contributed by atoms with Crippen LogP contribution in [0, 0.1) is 34.3 Å². The average molecular weight is 665 g/mol. The molecule has 1 aromatic heterocycles. The summed E-state index contributed by atoms with van der Waals surface area (Å²) in [7, 11) is -9.10. The number of nitrogens with one attached hydrogen (secondary N) is 1. The Labute approximate surface area is 251 Å². The Bertz CT molecular complexity index is 1940. The maximum atomic E-state index is 14.2. The SMILES string of the molecule is N#Cc1ccc(OP(=O)(CNS(=O)(=O)c2sc3ccc(OCCN=[N+]=[N-])cc3c2Cl)Oc2ccc(C#N)c(F)c2)cc1F. The number of nitriles is 2. The Morgan fingerprint density at radius 2 is 1.58 bits per heavy atom. The van der Waals surface area contributed by atoms with Crippen LogP contribution in [-0.2, 0) is 14.6 Å². The fourth-order valence-corrected chi connectivity index (χ4v) is 8.61. The molecule has 0 amide bonds. The quantitative estimate of drug-likeness (QED) is 0.0559. The molecule has 12 nitrogen and oxygen atoms in total. The lowest BCUT2D eigenvalue weighted by Gasteiger charge is -2.20. The number of thiophene rings is 1. The second-order valence-electron chi connectivity index (χ2n) is 8.27. The number of halogens is 3. The van der Waals surface area contributed by atoms with Crippen molar-refractivity contribution >= 4 is 50.6 Å². The summed E-state index contributed by atoms with van der Waals surface area (Å²) in [5.41, 5.74) is 7.70. The molecule has 0 aliphatic carbocycles. The lowest BCUT2D eigenvalue weighted by molar-refractivity contribution is 0.328. The number of fused-ring (bicyclic) bond motifs is 1. The summed E-state index contributed by atoms with van der Waals surface area (Å²) in [4.78, 5) is 2.62. The zero-order chi connectivity index (χ0) is 31.2. The lowest BCUT2D eigenvalue weighted by Crippen LogP contribution is -2.27. The van der Waals surface area contributed by atoms with E-state index < -0.39 is 35.5 Å². The van der Waals surface area contributed by atoms with Gasteiger partial charge in [-0.25, -0.2) is 21.8 Å². The van der Waals surface area contributed by atoms with Gasteiger partial charge in [0, 0.05) is 27.1 Å². The minimum absolute atomic E-state index is 0.0733. The fourth-order valence-electron chi connectivity index (χ4n) is 3.46. The summed E-state index contributed by atoms with van der Waals surface area (Å²) in [5, 5.41) is 21.5. The number of benzene rings is 3. The smallest absolute Gasteiger partial charge is 0.445 e. The number of ether oxygens (including phenoxy) is 1. The molecule has 0 atom stereocenters. The lowest BCUT2D eigenvalue weighted by atomic mass is 10.2. The molecule has 0 spiro atoms. The molecule has 1 heterocycles. The minimum Gasteiger partial charge on any atom is -0.493 e. The van der Waals surface area contributed by atoms with Crippen molar-refractivity contribution in [1.82, 2.24) is 4.72 Å². The van der Waals surface area contributed by atoms with E-state index in [9.17, 15) is 21.8 Å². The zero-order valence-corrected chi connectivity index (χ0v) is 24.7. The van der Waals surface area contributed by atoms with Crippen LogP contribution in [0.25, 0.3) is 20.5 Å². The highest BCUT2D eigenvalue weighted by atomic mass is 35.5. The third-order valence-corrected chi connectivity index (χ3v) is 10.8. The highest BCUT2D eigenvalue weighted by Crippen LogP contribution is 2.49. The molecule has 0 saturated carbocycles. The Morgan fingerprint density at radius 3 is 2.12 bits per heavy atom. The summed E-state index contributed by atoms with van der Waals surface area (Å²) in [6.45, 7) is 0.148. The van der Waals surface area contributed by atoms with Crippen molar-refractivity contribution in [1.29, 1.82) is 10.5 Å². The second-order valence-corrected chi connectivity index (χ2v) is 13.6. The Balaban J connectivity index is 1.62. The van der Waals surface area contributed by atoms with Crippen molar-refractivity contribution in [3.05, 3.63) is 92.8 Å². The van der Waals surface area contributed by atoms with E-state index in [1.165, 1.54) is 6.07 Å². The highest BCUT2D eigenvalue weighted by molar-refractivity contribution is 7.92. The molecule has 1 N–H and O–H groups in total. The number of hydrogen-bond donors (Lipinski definition) is 1. The monoisotopic (exact) mass is 664 g/mol. The fraction of sp³-hybridized carbons (Fsp3) is 0.120. The first-order valence-corrected chi connectivity index (χ1v) is 16.1. The summed E-state index contributed by atoms with van der Waals surface area (Å²) in [5.74, 6) is -2.42. The maximum absolute atomic E-state index is 14.2. The third kappa shape index (κ3) is 7.52. The molecule has 43 heavy (non-hydrogen) atoms. The molecule has 18 heteroatoms. The van der Waals surface area contributed by atoms with Crippen molar-refractivity contribution in [2.75, 3.05) is 19.4 Å². The van der Waals surface area contributed by atoms with Gasteiger partial charge in [-0.1, -0.05) is 16.7 Å². The van der Waals surface area contributed by atoms with Gasteiger partial charge in [-0.05, 0) is 48.0 Å². The molecule has 0 aliphatic heterocycles. The van der Waals surface area contributed by atoms with Gasteiger partial charge in [0.05, 0.1) is 29.3 Å². The molecule has 4 rings (SSSR count). The summed E-state index contributed by atoms with van der Waals surface area (Å²) in [6, 6.07) is 13.7. The van der Waals surface area contributed by atoms with E-state index >= 15 is 0 Å². The van der Waals surface area contributed by atoms with E-state index in [1.54, 1.807) is 24.3 Å². The Hall–Kier alpha value is -4.40. The number of rotatable bonds is 12. The average Bonchev–Trinajstić information content (AvgIpc) is 3.31. The van der Waals surface area contributed by atoms with Gasteiger partial charge in [-0.3, -0.25) is 0 Å². The van der Waals surface area contributed by atoms with Gasteiger partial charge in [-0.2, -0.15) is 15.2 Å². The Kier molecular flexibility index (Phi) is 9.73. The van der Waals surface area contributed by atoms with Crippen molar-refractivity contribution in [2.45, 2.75) is 4.21 Å². The summed E-state index contributed by atoms with van der Waals surface area (Å²) in [6.07, 6.45) is -1.02. The van der Waals surface area contributed by atoms with E-state index in [1.807, 2.05) is 0 Å². The number of azide groups is 1. The molecule has 0 unspecified atom stereocenters. The maximum Gasteiger partial charge on any atom is 0.445 e. The number of nitrogens with zero attached hydrogens (tertiary/aromatic N) is 5. The first-order valence-electron chi connectivity index (χ1n) is 11.7. The van der Waals surface area contributed by atoms with Gasteiger partial charge >= 0.3 is 7.60 Å². The molecule has 220 valence electrons. The molecule has 0 aliphatic rings. The molecule has 0 radical (unpaired) electrons. The van der Waals surface area contributed by atoms with Crippen LogP contribution in [0.2, 0.25) is 5.02 Å². The van der Waals surface area contributed by atoms with Crippen LogP contribution in [0.4, 0.5) is 8.78 Å². The molecular formula is C25H16ClF2N6O6PS2. The predicted octanol–water partition coefficient (Wildman–Crippen LogP) is 6.85. The first kappa shape index (κ1) is 31.5. The summed E-state index contributed by atoms with van der Waals surface area (Å²) < 4.78 is 87.2. The van der Waals surface area contributed by atoms with Crippen molar-refractivity contribution in [2.24, 2.45) is 5.11 Å². The normalized spacial score (nSPS) is 11.3. The molecule has 0 saturated heterocycles. The van der Waals surface area contributed by atoms with E-state index in [0.717, 1.165) is 47.7 Å². The Morgan fingerprint density at radius 1 is 1.00 bits per heavy atom. The second kappa shape index (κ2) is 13.3. The third-order valence-electron chi connectivity index (χ3n) is 5.40.